The van der Waals surface area contributed by atoms with Crippen molar-refractivity contribution in [1.29, 1.82) is 0 Å². The minimum atomic E-state index is 0.876. The average molecular weight is 575 g/mol. The van der Waals surface area contributed by atoms with Gasteiger partial charge in [0.15, 0.2) is 0 Å². The number of furan rings is 1. The van der Waals surface area contributed by atoms with Crippen molar-refractivity contribution in [2.75, 3.05) is 0 Å². The SMILES string of the molecule is c1ccc(-n2c3ccccc3c3c4ccc(-c5ccc(-n6c7ccccc7c7ccccc76)c6ccccc56)cc4oc32)cc1. The van der Waals surface area contributed by atoms with Gasteiger partial charge in [-0.05, 0) is 65.0 Å². The summed E-state index contributed by atoms with van der Waals surface area (Å²) in [5.74, 6) is 0. The molecule has 0 amide bonds. The number of nitrogens with zero attached hydrogens (tertiary/aromatic N) is 2. The van der Waals surface area contributed by atoms with Crippen LogP contribution in [-0.2, 0) is 0 Å². The van der Waals surface area contributed by atoms with E-state index < -0.39 is 0 Å². The normalized spacial score (nSPS) is 12.0. The molecule has 0 aliphatic heterocycles. The maximum absolute atomic E-state index is 6.74. The Morgan fingerprint density at radius 1 is 0.400 bits per heavy atom. The van der Waals surface area contributed by atoms with E-state index >= 15 is 0 Å². The van der Waals surface area contributed by atoms with Gasteiger partial charge >= 0.3 is 0 Å². The van der Waals surface area contributed by atoms with Crippen molar-refractivity contribution >= 4 is 65.6 Å². The lowest BCUT2D eigenvalue weighted by Gasteiger charge is -2.15. The molecule has 0 unspecified atom stereocenters. The molecule has 3 heterocycles. The van der Waals surface area contributed by atoms with Gasteiger partial charge in [-0.2, -0.15) is 0 Å². The minimum absolute atomic E-state index is 0.876. The summed E-state index contributed by atoms with van der Waals surface area (Å²) >= 11 is 0. The van der Waals surface area contributed by atoms with Crippen molar-refractivity contribution < 1.29 is 4.42 Å². The Hall–Kier alpha value is -6.06. The number of hydrogen-bond acceptors (Lipinski definition) is 1. The monoisotopic (exact) mass is 574 g/mol. The molecule has 3 heteroatoms. The zero-order valence-corrected chi connectivity index (χ0v) is 24.3. The van der Waals surface area contributed by atoms with E-state index in [9.17, 15) is 0 Å². The van der Waals surface area contributed by atoms with Gasteiger partial charge in [0, 0.05) is 32.6 Å². The third-order valence-corrected chi connectivity index (χ3v) is 9.34. The first-order chi connectivity index (χ1) is 22.3. The molecule has 0 fully saturated rings. The first-order valence-corrected chi connectivity index (χ1v) is 15.4. The van der Waals surface area contributed by atoms with E-state index in [0.29, 0.717) is 0 Å². The van der Waals surface area contributed by atoms with E-state index in [4.69, 9.17) is 4.42 Å². The number of aromatic nitrogens is 2. The molecule has 0 N–H and O–H groups in total. The predicted octanol–water partition coefficient (Wildman–Crippen LogP) is 11.4. The Kier molecular flexibility index (Phi) is 5.00. The lowest BCUT2D eigenvalue weighted by atomic mass is 9.96. The van der Waals surface area contributed by atoms with Gasteiger partial charge in [0.1, 0.15) is 5.58 Å². The zero-order valence-electron chi connectivity index (χ0n) is 24.3. The summed E-state index contributed by atoms with van der Waals surface area (Å²) in [6, 6.07) is 56.4. The second-order valence-corrected chi connectivity index (χ2v) is 11.7. The van der Waals surface area contributed by atoms with Crippen LogP contribution in [-0.4, -0.2) is 9.13 Å². The van der Waals surface area contributed by atoms with Crippen LogP contribution in [0.25, 0.3) is 88.1 Å². The smallest absolute Gasteiger partial charge is 0.213 e. The van der Waals surface area contributed by atoms with Gasteiger partial charge in [-0.15, -0.1) is 0 Å². The number of para-hydroxylation sites is 4. The maximum Gasteiger partial charge on any atom is 0.213 e. The van der Waals surface area contributed by atoms with Gasteiger partial charge in [-0.3, -0.25) is 4.57 Å². The predicted molar refractivity (Wildman–Crippen MR) is 188 cm³/mol. The molecule has 0 saturated heterocycles. The number of benzene rings is 7. The van der Waals surface area contributed by atoms with Crippen LogP contribution >= 0.6 is 0 Å². The topological polar surface area (TPSA) is 23.0 Å². The van der Waals surface area contributed by atoms with Crippen molar-refractivity contribution in [1.82, 2.24) is 9.13 Å². The fourth-order valence-corrected chi connectivity index (χ4v) is 7.40. The first-order valence-electron chi connectivity index (χ1n) is 15.4. The van der Waals surface area contributed by atoms with Crippen molar-refractivity contribution in [3.05, 3.63) is 158 Å². The highest BCUT2D eigenvalue weighted by molar-refractivity contribution is 6.20. The third-order valence-electron chi connectivity index (χ3n) is 9.34. The average Bonchev–Trinajstić information content (AvgIpc) is 3.75. The van der Waals surface area contributed by atoms with Crippen LogP contribution < -0.4 is 0 Å². The summed E-state index contributed by atoms with van der Waals surface area (Å²) < 4.78 is 11.4. The lowest BCUT2D eigenvalue weighted by Crippen LogP contribution is -1.96. The Balaban J connectivity index is 1.21. The molecular weight excluding hydrogens is 548 g/mol. The van der Waals surface area contributed by atoms with Crippen LogP contribution in [0.3, 0.4) is 0 Å². The van der Waals surface area contributed by atoms with E-state index in [1.54, 1.807) is 0 Å². The minimum Gasteiger partial charge on any atom is -0.439 e. The Bertz CT molecular complexity index is 2710. The van der Waals surface area contributed by atoms with E-state index in [-0.39, 0.29) is 0 Å². The molecule has 0 radical (unpaired) electrons. The van der Waals surface area contributed by atoms with Crippen molar-refractivity contribution in [2.45, 2.75) is 0 Å². The van der Waals surface area contributed by atoms with Crippen molar-refractivity contribution in [2.24, 2.45) is 0 Å². The summed E-state index contributed by atoms with van der Waals surface area (Å²) in [7, 11) is 0. The van der Waals surface area contributed by atoms with E-state index in [1.165, 1.54) is 49.2 Å². The first kappa shape index (κ1) is 24.4. The fraction of sp³-hybridized carbons (Fsp3) is 0. The largest absolute Gasteiger partial charge is 0.439 e. The molecule has 7 aromatic carbocycles. The third kappa shape index (κ3) is 3.41. The lowest BCUT2D eigenvalue weighted by molar-refractivity contribution is 0.645. The molecule has 3 nitrogen and oxygen atoms in total. The molecule has 0 atom stereocenters. The van der Waals surface area contributed by atoms with Crippen LogP contribution in [0.2, 0.25) is 0 Å². The molecular formula is C42H26N2O. The van der Waals surface area contributed by atoms with E-state index in [2.05, 4.69) is 161 Å². The molecule has 0 aliphatic carbocycles. The van der Waals surface area contributed by atoms with Crippen LogP contribution in [0.15, 0.2) is 162 Å². The van der Waals surface area contributed by atoms with Gasteiger partial charge in [-0.1, -0.05) is 109 Å². The summed E-state index contributed by atoms with van der Waals surface area (Å²) in [5, 5.41) is 8.45. The van der Waals surface area contributed by atoms with Gasteiger partial charge < -0.3 is 8.98 Å². The molecule has 45 heavy (non-hydrogen) atoms. The fourth-order valence-electron chi connectivity index (χ4n) is 7.40. The van der Waals surface area contributed by atoms with Crippen molar-refractivity contribution in [3.63, 3.8) is 0 Å². The highest BCUT2D eigenvalue weighted by atomic mass is 16.3. The molecule has 3 aromatic heterocycles. The number of hydrogen-bond donors (Lipinski definition) is 0. The molecule has 210 valence electrons. The standard InChI is InChI=1S/C42H26N2O/c1-2-12-28(13-3-1)43-38-21-11-8-18-34(38)41-35-23-22-27(26-40(35)45-42(41)43)29-24-25-39(31-15-5-4-14-30(29)31)44-36-19-9-6-16-32(36)33-17-7-10-20-37(33)44/h1-26H. The van der Waals surface area contributed by atoms with E-state index in [1.807, 2.05) is 6.07 Å². The molecule has 10 rings (SSSR count). The Morgan fingerprint density at radius 3 is 1.69 bits per heavy atom. The highest BCUT2D eigenvalue weighted by Gasteiger charge is 2.20. The summed E-state index contributed by atoms with van der Waals surface area (Å²) in [6.07, 6.45) is 0. The second kappa shape index (κ2) is 9.22. The quantitative estimate of drug-likeness (QED) is 0.206. The molecule has 10 aromatic rings. The summed E-state index contributed by atoms with van der Waals surface area (Å²) in [5.41, 5.74) is 9.94. The van der Waals surface area contributed by atoms with Gasteiger partial charge in [0.05, 0.1) is 27.6 Å². The molecule has 0 aliphatic rings. The van der Waals surface area contributed by atoms with Crippen LogP contribution in [0.4, 0.5) is 0 Å². The van der Waals surface area contributed by atoms with Crippen LogP contribution in [0.5, 0.6) is 0 Å². The van der Waals surface area contributed by atoms with Gasteiger partial charge in [-0.25, -0.2) is 0 Å². The maximum atomic E-state index is 6.74. The van der Waals surface area contributed by atoms with Crippen molar-refractivity contribution in [3.8, 4) is 22.5 Å². The number of fused-ring (bicyclic) bond motifs is 9. The second-order valence-electron chi connectivity index (χ2n) is 11.7. The summed E-state index contributed by atoms with van der Waals surface area (Å²) in [4.78, 5) is 0. The van der Waals surface area contributed by atoms with Crippen LogP contribution in [0.1, 0.15) is 0 Å². The number of rotatable bonds is 3. The molecule has 0 bridgehead atoms. The van der Waals surface area contributed by atoms with Gasteiger partial charge in [0.2, 0.25) is 5.71 Å². The Morgan fingerprint density at radius 2 is 0.978 bits per heavy atom. The summed E-state index contributed by atoms with van der Waals surface area (Å²) in [6.45, 7) is 0. The molecule has 0 saturated carbocycles. The Labute approximate surface area is 258 Å². The van der Waals surface area contributed by atoms with Crippen LogP contribution in [0, 0.1) is 0 Å². The highest BCUT2D eigenvalue weighted by Crippen LogP contribution is 2.42. The molecule has 0 spiro atoms. The van der Waals surface area contributed by atoms with E-state index in [0.717, 1.165) is 38.8 Å². The zero-order chi connectivity index (χ0) is 29.5. The van der Waals surface area contributed by atoms with Gasteiger partial charge in [0.25, 0.3) is 0 Å².